The Morgan fingerprint density at radius 3 is 2.81 bits per heavy atom. The smallest absolute Gasteiger partial charge is 0.317 e. The van der Waals surface area contributed by atoms with Gasteiger partial charge in [-0.3, -0.25) is 9.69 Å². The summed E-state index contributed by atoms with van der Waals surface area (Å²) >= 11 is 6.19. The van der Waals surface area contributed by atoms with Gasteiger partial charge in [0, 0.05) is 36.3 Å². The molecule has 36 heavy (non-hydrogen) atoms. The van der Waals surface area contributed by atoms with Gasteiger partial charge in [0.1, 0.15) is 11.6 Å². The monoisotopic (exact) mass is 515 g/mol. The van der Waals surface area contributed by atoms with E-state index in [1.165, 1.54) is 12.1 Å². The molecular formula is C26H24ClF2N3O4. The zero-order valence-electron chi connectivity index (χ0n) is 19.7. The summed E-state index contributed by atoms with van der Waals surface area (Å²) < 4.78 is 39.5. The van der Waals surface area contributed by atoms with E-state index in [-0.39, 0.29) is 42.3 Å². The number of carboxylic acid groups (broad SMARTS) is 1. The second-order valence-corrected chi connectivity index (χ2v) is 8.92. The summed E-state index contributed by atoms with van der Waals surface area (Å²) in [5.41, 5.74) is 3.10. The van der Waals surface area contributed by atoms with E-state index < -0.39 is 17.7 Å². The Bertz CT molecular complexity index is 1340. The molecule has 1 aliphatic rings. The Morgan fingerprint density at radius 2 is 2.08 bits per heavy atom. The van der Waals surface area contributed by atoms with Crippen LogP contribution in [0.15, 0.2) is 58.9 Å². The first-order chi connectivity index (χ1) is 17.3. The van der Waals surface area contributed by atoms with E-state index in [1.54, 1.807) is 49.4 Å². The van der Waals surface area contributed by atoms with Gasteiger partial charge in [0.05, 0.1) is 18.2 Å². The molecule has 0 radical (unpaired) electrons. The van der Waals surface area contributed by atoms with Crippen LogP contribution in [0.4, 0.5) is 8.78 Å². The van der Waals surface area contributed by atoms with Gasteiger partial charge in [0.2, 0.25) is 5.82 Å². The minimum Gasteiger partial charge on any atom is -0.480 e. The maximum atomic E-state index is 14.7. The van der Waals surface area contributed by atoms with Crippen LogP contribution in [-0.4, -0.2) is 53.4 Å². The molecule has 10 heteroatoms. The summed E-state index contributed by atoms with van der Waals surface area (Å²) in [6.07, 6.45) is 3.54. The van der Waals surface area contributed by atoms with Crippen LogP contribution in [0.1, 0.15) is 17.8 Å². The Morgan fingerprint density at radius 1 is 1.28 bits per heavy atom. The van der Waals surface area contributed by atoms with Crippen molar-refractivity contribution in [3.63, 3.8) is 0 Å². The lowest BCUT2D eigenvalue weighted by molar-refractivity contribution is -0.138. The molecule has 1 heterocycles. The third kappa shape index (κ3) is 5.70. The number of methoxy groups -OCH3 is 1. The minimum absolute atomic E-state index is 0.0215. The van der Waals surface area contributed by atoms with Gasteiger partial charge >= 0.3 is 5.97 Å². The Balaban J connectivity index is 1.56. The van der Waals surface area contributed by atoms with Crippen molar-refractivity contribution in [3.05, 3.63) is 76.6 Å². The summed E-state index contributed by atoms with van der Waals surface area (Å²) in [5, 5.41) is 12.9. The molecule has 0 amide bonds. The molecule has 4 rings (SSSR count). The van der Waals surface area contributed by atoms with Gasteiger partial charge in [-0.2, -0.15) is 4.98 Å². The van der Waals surface area contributed by atoms with Gasteiger partial charge in [-0.05, 0) is 48.9 Å². The number of hydrogen-bond acceptors (Lipinski definition) is 6. The van der Waals surface area contributed by atoms with Gasteiger partial charge < -0.3 is 14.4 Å². The molecule has 0 fully saturated rings. The number of halogens is 3. The molecule has 2 aromatic carbocycles. The first kappa shape index (κ1) is 25.7. The summed E-state index contributed by atoms with van der Waals surface area (Å²) in [6, 6.07) is 9.96. The highest BCUT2D eigenvalue weighted by Crippen LogP contribution is 2.35. The van der Waals surface area contributed by atoms with Crippen LogP contribution in [0.5, 0.6) is 0 Å². The van der Waals surface area contributed by atoms with Crippen molar-refractivity contribution < 1.29 is 27.9 Å². The lowest BCUT2D eigenvalue weighted by Gasteiger charge is -2.23. The number of carboxylic acids is 1. The fourth-order valence-electron chi connectivity index (χ4n) is 4.13. The molecule has 0 spiro atoms. The summed E-state index contributed by atoms with van der Waals surface area (Å²) in [5.74, 6) is -1.81. The highest BCUT2D eigenvalue weighted by atomic mass is 35.5. The number of ether oxygens (including phenoxy) is 1. The van der Waals surface area contributed by atoms with Gasteiger partial charge in [-0.25, -0.2) is 8.78 Å². The lowest BCUT2D eigenvalue weighted by atomic mass is 9.94. The molecule has 1 unspecified atom stereocenters. The highest BCUT2D eigenvalue weighted by Gasteiger charge is 2.23. The summed E-state index contributed by atoms with van der Waals surface area (Å²) in [4.78, 5) is 16.8. The fourth-order valence-corrected chi connectivity index (χ4v) is 4.36. The number of likely N-dealkylation sites (N-methyl/N-ethyl adjacent to an activating group) is 1. The maximum absolute atomic E-state index is 14.7. The SMILES string of the molecule is COCc1cc(-c2nc(C3=CCC(CN(C)CC(=O)O)C(F)=C3)no2)ccc1-c1cccc(F)c1Cl. The molecular weight excluding hydrogens is 492 g/mol. The van der Waals surface area contributed by atoms with Gasteiger partial charge in [-0.15, -0.1) is 0 Å². The van der Waals surface area contributed by atoms with Crippen LogP contribution in [0.2, 0.25) is 5.02 Å². The summed E-state index contributed by atoms with van der Waals surface area (Å²) in [6.45, 7) is 0.359. The standard InChI is InChI=1S/C26H24ClF2N3O4/c1-32(13-23(33)34)12-17-7-6-15(11-22(17)29)25-30-26(36-31-25)16-8-9-19(18(10-16)14-35-2)20-4-3-5-21(28)24(20)27/h3-6,8-11,17H,7,12-14H2,1-2H3,(H,33,34). The van der Waals surface area contributed by atoms with Crippen LogP contribution in [0, 0.1) is 11.7 Å². The molecule has 7 nitrogen and oxygen atoms in total. The quantitative estimate of drug-likeness (QED) is 0.396. The third-order valence-corrected chi connectivity index (χ3v) is 6.21. The van der Waals surface area contributed by atoms with Crippen molar-refractivity contribution in [1.29, 1.82) is 0 Å². The van der Waals surface area contributed by atoms with Crippen LogP contribution in [-0.2, 0) is 16.1 Å². The van der Waals surface area contributed by atoms with Crippen LogP contribution in [0.25, 0.3) is 28.2 Å². The maximum Gasteiger partial charge on any atom is 0.317 e. The second-order valence-electron chi connectivity index (χ2n) is 8.54. The zero-order valence-corrected chi connectivity index (χ0v) is 20.4. The minimum atomic E-state index is -0.964. The van der Waals surface area contributed by atoms with Crippen molar-refractivity contribution in [2.45, 2.75) is 13.0 Å². The number of carbonyl (C=O) groups is 1. The highest BCUT2D eigenvalue weighted by molar-refractivity contribution is 6.33. The first-order valence-electron chi connectivity index (χ1n) is 11.1. The van der Waals surface area contributed by atoms with Crippen LogP contribution < -0.4 is 0 Å². The van der Waals surface area contributed by atoms with Crippen LogP contribution in [0.3, 0.4) is 0 Å². The third-order valence-electron chi connectivity index (χ3n) is 5.82. The van der Waals surface area contributed by atoms with Gasteiger partial charge in [-0.1, -0.05) is 41.0 Å². The average molecular weight is 516 g/mol. The summed E-state index contributed by atoms with van der Waals surface area (Å²) in [7, 11) is 3.19. The van der Waals surface area contributed by atoms with E-state index in [4.69, 9.17) is 26.0 Å². The van der Waals surface area contributed by atoms with E-state index >= 15 is 0 Å². The second kappa shape index (κ2) is 11.1. The van der Waals surface area contributed by atoms with Crippen molar-refractivity contribution in [2.75, 3.05) is 27.2 Å². The Labute approximate surface area is 211 Å². The first-order valence-corrected chi connectivity index (χ1v) is 11.5. The van der Waals surface area contributed by atoms with Crippen molar-refractivity contribution in [3.8, 4) is 22.6 Å². The molecule has 0 aliphatic heterocycles. The van der Waals surface area contributed by atoms with Gasteiger partial charge in [0.25, 0.3) is 5.89 Å². The predicted molar refractivity (Wildman–Crippen MR) is 131 cm³/mol. The normalized spacial score (nSPS) is 15.7. The number of nitrogens with zero attached hydrogens (tertiary/aromatic N) is 3. The van der Waals surface area contributed by atoms with Crippen molar-refractivity contribution >= 4 is 23.1 Å². The van der Waals surface area contributed by atoms with E-state index in [0.29, 0.717) is 28.7 Å². The number of aliphatic carboxylic acids is 1. The lowest BCUT2D eigenvalue weighted by Crippen LogP contribution is -2.31. The molecule has 1 N–H and O–H groups in total. The zero-order chi connectivity index (χ0) is 25.8. The number of benzene rings is 2. The number of hydrogen-bond donors (Lipinski definition) is 1. The molecule has 188 valence electrons. The van der Waals surface area contributed by atoms with Crippen LogP contribution >= 0.6 is 11.6 Å². The molecule has 1 atom stereocenters. The molecule has 1 aliphatic carbocycles. The average Bonchev–Trinajstić information content (AvgIpc) is 3.32. The Hall–Kier alpha value is -3.40. The predicted octanol–water partition coefficient (Wildman–Crippen LogP) is 5.62. The molecule has 0 saturated heterocycles. The molecule has 3 aromatic rings. The van der Waals surface area contributed by atoms with E-state index in [1.807, 2.05) is 6.08 Å². The Kier molecular flexibility index (Phi) is 7.93. The van der Waals surface area contributed by atoms with Crippen molar-refractivity contribution in [2.24, 2.45) is 5.92 Å². The van der Waals surface area contributed by atoms with E-state index in [2.05, 4.69) is 10.1 Å². The topological polar surface area (TPSA) is 88.7 Å². The van der Waals surface area contributed by atoms with Crippen molar-refractivity contribution in [1.82, 2.24) is 15.0 Å². The largest absolute Gasteiger partial charge is 0.480 e. The molecule has 0 saturated carbocycles. The van der Waals surface area contributed by atoms with Gasteiger partial charge in [0.15, 0.2) is 0 Å². The number of rotatable bonds is 9. The van der Waals surface area contributed by atoms with E-state index in [9.17, 15) is 13.6 Å². The molecule has 0 bridgehead atoms. The number of aromatic nitrogens is 2. The fraction of sp³-hybridized carbons (Fsp3) is 0.269. The van der Waals surface area contributed by atoms with E-state index in [0.717, 1.165) is 5.56 Å². The molecule has 1 aromatic heterocycles. The number of allylic oxidation sites excluding steroid dienone is 3.